The predicted octanol–water partition coefficient (Wildman–Crippen LogP) is 1.72. The maximum atomic E-state index is 14.7. The molecule has 11 nitrogen and oxygen atoms in total. The Balaban J connectivity index is 1.54. The van der Waals surface area contributed by atoms with Gasteiger partial charge in [-0.15, -0.1) is 5.10 Å². The number of pyridine rings is 1. The van der Waals surface area contributed by atoms with Gasteiger partial charge in [0, 0.05) is 19.6 Å². The lowest BCUT2D eigenvalue weighted by molar-refractivity contribution is 0.102. The lowest BCUT2D eigenvalue weighted by Crippen LogP contribution is -2.36. The highest BCUT2D eigenvalue weighted by molar-refractivity contribution is 6.04. The first kappa shape index (κ1) is 22.3. The zero-order valence-electron chi connectivity index (χ0n) is 18.1. The van der Waals surface area contributed by atoms with Crippen LogP contribution in [-0.4, -0.2) is 60.3 Å². The molecule has 1 aromatic carbocycles. The molecule has 3 N–H and O–H groups in total. The van der Waals surface area contributed by atoms with Gasteiger partial charge in [0.15, 0.2) is 0 Å². The molecule has 0 radical (unpaired) electrons. The maximum Gasteiger partial charge on any atom is 0.317 e. The summed E-state index contributed by atoms with van der Waals surface area (Å²) in [5.41, 5.74) is 1.62. The van der Waals surface area contributed by atoms with Crippen LogP contribution in [0.15, 0.2) is 30.3 Å². The number of carbonyl (C=O) groups is 2. The van der Waals surface area contributed by atoms with E-state index < -0.39 is 11.7 Å². The van der Waals surface area contributed by atoms with Crippen molar-refractivity contribution in [1.82, 2.24) is 35.4 Å². The zero-order valence-corrected chi connectivity index (χ0v) is 18.1. The standard InChI is InChI=1S/C21H23FN8O3/c1-3-23-21(33)29-9-13-7-15(16(22)8-14(13)10-29)20(32)25-18-6-4-5-17(24-18)19-26-27-28-30(19)12(2)11-31/h4-8,12,31H,3,9-11H2,1-2H3,(H,23,33)(H,24,25,32)/t12-/m1/s1. The summed E-state index contributed by atoms with van der Waals surface area (Å²) < 4.78 is 16.1. The topological polar surface area (TPSA) is 138 Å². The number of urea groups is 1. The molecule has 3 heterocycles. The number of halogens is 1. The van der Waals surface area contributed by atoms with Gasteiger partial charge in [0.1, 0.15) is 17.3 Å². The SMILES string of the molecule is CCNC(=O)N1Cc2cc(F)c(C(=O)Nc3cccc(-c4nnnn4[C@H](C)CO)n3)cc2C1. The van der Waals surface area contributed by atoms with Crippen LogP contribution in [0.25, 0.3) is 11.5 Å². The van der Waals surface area contributed by atoms with Crippen LogP contribution in [0.4, 0.5) is 15.0 Å². The molecule has 0 fully saturated rings. The molecule has 0 unspecified atom stereocenters. The Kier molecular flexibility index (Phi) is 6.27. The molecule has 1 aliphatic rings. The van der Waals surface area contributed by atoms with Crippen molar-refractivity contribution in [1.29, 1.82) is 0 Å². The fourth-order valence-corrected chi connectivity index (χ4v) is 3.55. The lowest BCUT2D eigenvalue weighted by atomic mass is 10.1. The molecule has 172 valence electrons. The number of benzene rings is 1. The van der Waals surface area contributed by atoms with E-state index in [4.69, 9.17) is 0 Å². The van der Waals surface area contributed by atoms with Crippen LogP contribution in [0.1, 0.15) is 41.4 Å². The number of hydrogen-bond acceptors (Lipinski definition) is 7. The van der Waals surface area contributed by atoms with Gasteiger partial charge >= 0.3 is 6.03 Å². The largest absolute Gasteiger partial charge is 0.394 e. The molecule has 2 aromatic heterocycles. The zero-order chi connectivity index (χ0) is 23.5. The molecular weight excluding hydrogens is 431 g/mol. The quantitative estimate of drug-likeness (QED) is 0.516. The second-order valence-electron chi connectivity index (χ2n) is 7.63. The monoisotopic (exact) mass is 454 g/mol. The Morgan fingerprint density at radius 1 is 1.24 bits per heavy atom. The third-order valence-electron chi connectivity index (χ3n) is 5.27. The van der Waals surface area contributed by atoms with Crippen LogP contribution in [0.3, 0.4) is 0 Å². The second-order valence-corrected chi connectivity index (χ2v) is 7.63. The minimum atomic E-state index is -0.680. The minimum absolute atomic E-state index is 0.141. The van der Waals surface area contributed by atoms with Crippen LogP contribution in [0.2, 0.25) is 0 Å². The number of nitrogens with zero attached hydrogens (tertiary/aromatic N) is 6. The summed E-state index contributed by atoms with van der Waals surface area (Å²) in [4.78, 5) is 30.8. The maximum absolute atomic E-state index is 14.7. The molecule has 4 rings (SSSR count). The molecule has 33 heavy (non-hydrogen) atoms. The van der Waals surface area contributed by atoms with E-state index in [1.807, 2.05) is 6.92 Å². The number of anilines is 1. The Labute approximate surface area is 188 Å². The van der Waals surface area contributed by atoms with E-state index in [1.54, 1.807) is 30.0 Å². The summed E-state index contributed by atoms with van der Waals surface area (Å²) in [6.07, 6.45) is 0. The molecule has 0 bridgehead atoms. The first-order valence-electron chi connectivity index (χ1n) is 10.4. The van der Waals surface area contributed by atoms with E-state index in [0.29, 0.717) is 35.7 Å². The number of rotatable bonds is 6. The van der Waals surface area contributed by atoms with E-state index in [2.05, 4.69) is 31.1 Å². The molecule has 3 aromatic rings. The van der Waals surface area contributed by atoms with Crippen LogP contribution >= 0.6 is 0 Å². The molecule has 0 spiro atoms. The molecule has 0 aliphatic carbocycles. The fourth-order valence-electron chi connectivity index (χ4n) is 3.55. The van der Waals surface area contributed by atoms with Crippen molar-refractivity contribution in [3.05, 3.63) is 52.8 Å². The first-order chi connectivity index (χ1) is 15.9. The molecule has 0 saturated heterocycles. The van der Waals surface area contributed by atoms with Gasteiger partial charge in [0.2, 0.25) is 5.82 Å². The Hall–Kier alpha value is -3.93. The Morgan fingerprint density at radius 2 is 2.00 bits per heavy atom. The summed E-state index contributed by atoms with van der Waals surface area (Å²) in [6.45, 7) is 4.47. The Morgan fingerprint density at radius 3 is 2.73 bits per heavy atom. The number of aliphatic hydroxyl groups excluding tert-OH is 1. The third kappa shape index (κ3) is 4.51. The third-order valence-corrected chi connectivity index (χ3v) is 5.27. The van der Waals surface area contributed by atoms with Crippen LogP contribution in [-0.2, 0) is 13.1 Å². The van der Waals surface area contributed by atoms with Gasteiger partial charge in [-0.25, -0.2) is 18.9 Å². The molecule has 12 heteroatoms. The highest BCUT2D eigenvalue weighted by Gasteiger charge is 2.26. The second kappa shape index (κ2) is 9.28. The molecule has 0 saturated carbocycles. The van der Waals surface area contributed by atoms with Crippen LogP contribution < -0.4 is 10.6 Å². The van der Waals surface area contributed by atoms with E-state index >= 15 is 0 Å². The summed E-state index contributed by atoms with van der Waals surface area (Å²) in [6, 6.07) is 7.03. The number of aromatic nitrogens is 5. The van der Waals surface area contributed by atoms with Gasteiger partial charge in [0.05, 0.1) is 18.2 Å². The van der Waals surface area contributed by atoms with Gasteiger partial charge in [-0.1, -0.05) is 6.07 Å². The van der Waals surface area contributed by atoms with E-state index in [-0.39, 0.29) is 36.6 Å². The average molecular weight is 454 g/mol. The van der Waals surface area contributed by atoms with Gasteiger partial charge < -0.3 is 20.6 Å². The summed E-state index contributed by atoms with van der Waals surface area (Å²) in [5.74, 6) is -0.838. The highest BCUT2D eigenvalue weighted by atomic mass is 19.1. The van der Waals surface area contributed by atoms with Gasteiger partial charge in [0.25, 0.3) is 5.91 Å². The van der Waals surface area contributed by atoms with Crippen molar-refractivity contribution in [2.45, 2.75) is 33.0 Å². The molecule has 1 aliphatic heterocycles. The smallest absolute Gasteiger partial charge is 0.317 e. The molecular formula is C21H23FN8O3. The molecule has 3 amide bonds. The lowest BCUT2D eigenvalue weighted by Gasteiger charge is -2.15. The number of amides is 3. The predicted molar refractivity (Wildman–Crippen MR) is 116 cm³/mol. The van der Waals surface area contributed by atoms with Crippen LogP contribution in [0, 0.1) is 5.82 Å². The van der Waals surface area contributed by atoms with Crippen molar-refractivity contribution in [2.75, 3.05) is 18.5 Å². The van der Waals surface area contributed by atoms with Gasteiger partial charge in [-0.3, -0.25) is 4.79 Å². The van der Waals surface area contributed by atoms with Gasteiger partial charge in [-0.2, -0.15) is 0 Å². The highest BCUT2D eigenvalue weighted by Crippen LogP contribution is 2.26. The number of hydrogen-bond donors (Lipinski definition) is 3. The Bertz CT molecular complexity index is 1200. The van der Waals surface area contributed by atoms with Gasteiger partial charge in [-0.05, 0) is 59.7 Å². The normalized spacial score (nSPS) is 13.5. The molecule has 1 atom stereocenters. The summed E-state index contributed by atoms with van der Waals surface area (Å²) in [5, 5.41) is 26.1. The van der Waals surface area contributed by atoms with Crippen molar-refractivity contribution < 1.29 is 19.1 Å². The number of fused-ring (bicyclic) bond motifs is 1. The van der Waals surface area contributed by atoms with E-state index in [9.17, 15) is 19.1 Å². The minimum Gasteiger partial charge on any atom is -0.394 e. The van der Waals surface area contributed by atoms with Crippen molar-refractivity contribution in [3.63, 3.8) is 0 Å². The number of nitrogens with one attached hydrogen (secondary N) is 2. The van der Waals surface area contributed by atoms with Crippen molar-refractivity contribution in [2.24, 2.45) is 0 Å². The average Bonchev–Trinajstić information content (AvgIpc) is 3.45. The number of tetrazole rings is 1. The van der Waals surface area contributed by atoms with Crippen molar-refractivity contribution >= 4 is 17.8 Å². The van der Waals surface area contributed by atoms with E-state index in [0.717, 1.165) is 0 Å². The number of carbonyl (C=O) groups excluding carboxylic acids is 2. The van der Waals surface area contributed by atoms with E-state index in [1.165, 1.54) is 16.8 Å². The number of aliphatic hydroxyl groups is 1. The first-order valence-corrected chi connectivity index (χ1v) is 10.4. The van der Waals surface area contributed by atoms with Crippen LogP contribution in [0.5, 0.6) is 0 Å². The summed E-state index contributed by atoms with van der Waals surface area (Å²) >= 11 is 0. The van der Waals surface area contributed by atoms with Crippen molar-refractivity contribution in [3.8, 4) is 11.5 Å². The fraction of sp³-hybridized carbons (Fsp3) is 0.333. The summed E-state index contributed by atoms with van der Waals surface area (Å²) in [7, 11) is 0.